The van der Waals surface area contributed by atoms with Gasteiger partial charge in [-0.1, -0.05) is 26.8 Å². The van der Waals surface area contributed by atoms with Gasteiger partial charge in [0.2, 0.25) is 0 Å². The number of rotatable bonds is 6. The number of aryl methyl sites for hydroxylation is 2. The number of nitrogens with one attached hydrogen (secondary N) is 1. The first-order valence-electron chi connectivity index (χ1n) is 6.23. The molecular formula is C14H25N3. The van der Waals surface area contributed by atoms with Gasteiger partial charge in [-0.25, -0.2) is 0 Å². The predicted octanol–water partition coefficient (Wildman–Crippen LogP) is 2.46. The summed E-state index contributed by atoms with van der Waals surface area (Å²) in [7, 11) is 2.00. The molecule has 0 spiro atoms. The molecule has 0 fully saturated rings. The molecule has 1 N–H and O–H groups in total. The first-order valence-corrected chi connectivity index (χ1v) is 6.23. The van der Waals surface area contributed by atoms with Gasteiger partial charge in [-0.15, -0.1) is 6.58 Å². The minimum absolute atomic E-state index is 0.0739. The number of hydrogen-bond acceptors (Lipinski definition) is 2. The molecule has 1 unspecified atom stereocenters. The molecule has 3 heteroatoms. The van der Waals surface area contributed by atoms with Gasteiger partial charge in [-0.2, -0.15) is 5.10 Å². The lowest BCUT2D eigenvalue weighted by Crippen LogP contribution is -2.36. The molecule has 0 amide bonds. The third-order valence-corrected chi connectivity index (χ3v) is 3.09. The van der Waals surface area contributed by atoms with Crippen molar-refractivity contribution in [2.24, 2.45) is 12.5 Å². The van der Waals surface area contributed by atoms with Gasteiger partial charge in [0.25, 0.3) is 0 Å². The number of hydrogen-bond donors (Lipinski definition) is 1. The Labute approximate surface area is 105 Å². The zero-order valence-electron chi connectivity index (χ0n) is 11.7. The standard InChI is InChI=1S/C14H25N3/c1-7-14(5,10-15-11(2)3)9-13-8-12(4)16-17(13)6/h7-8,11,15H,1,9-10H2,2-6H3. The van der Waals surface area contributed by atoms with Crippen LogP contribution in [-0.4, -0.2) is 22.4 Å². The summed E-state index contributed by atoms with van der Waals surface area (Å²) in [4.78, 5) is 0. The van der Waals surface area contributed by atoms with E-state index in [0.29, 0.717) is 6.04 Å². The minimum Gasteiger partial charge on any atom is -0.314 e. The summed E-state index contributed by atoms with van der Waals surface area (Å²) in [6, 6.07) is 2.65. The molecule has 1 aromatic rings. The fourth-order valence-corrected chi connectivity index (χ4v) is 1.89. The Kier molecular flexibility index (Phi) is 4.52. The van der Waals surface area contributed by atoms with Crippen LogP contribution in [0.15, 0.2) is 18.7 Å². The van der Waals surface area contributed by atoms with E-state index in [2.05, 4.69) is 43.8 Å². The zero-order valence-corrected chi connectivity index (χ0v) is 11.7. The van der Waals surface area contributed by atoms with Crippen LogP contribution in [0.3, 0.4) is 0 Å². The highest BCUT2D eigenvalue weighted by atomic mass is 15.3. The van der Waals surface area contributed by atoms with E-state index < -0.39 is 0 Å². The molecule has 0 radical (unpaired) electrons. The minimum atomic E-state index is 0.0739. The van der Waals surface area contributed by atoms with Gasteiger partial charge < -0.3 is 5.32 Å². The van der Waals surface area contributed by atoms with E-state index in [-0.39, 0.29) is 5.41 Å². The van der Waals surface area contributed by atoms with Crippen molar-refractivity contribution in [3.8, 4) is 0 Å². The lowest BCUT2D eigenvalue weighted by atomic mass is 9.85. The molecule has 0 aliphatic rings. The summed E-state index contributed by atoms with van der Waals surface area (Å²) in [6.07, 6.45) is 3.01. The van der Waals surface area contributed by atoms with Crippen LogP contribution in [0, 0.1) is 12.3 Å². The Hall–Kier alpha value is -1.09. The molecule has 1 aromatic heterocycles. The molecule has 0 saturated carbocycles. The molecule has 1 heterocycles. The fraction of sp³-hybridized carbons (Fsp3) is 0.643. The third kappa shape index (κ3) is 4.00. The highest BCUT2D eigenvalue weighted by Crippen LogP contribution is 2.23. The maximum absolute atomic E-state index is 4.39. The SMILES string of the molecule is C=CC(C)(CNC(C)C)Cc1cc(C)nn1C. The van der Waals surface area contributed by atoms with E-state index >= 15 is 0 Å². The fourth-order valence-electron chi connectivity index (χ4n) is 1.89. The van der Waals surface area contributed by atoms with Crippen LogP contribution >= 0.6 is 0 Å². The maximum Gasteiger partial charge on any atom is 0.0596 e. The van der Waals surface area contributed by atoms with Crippen LogP contribution in [0.5, 0.6) is 0 Å². The van der Waals surface area contributed by atoms with Gasteiger partial charge >= 0.3 is 0 Å². The van der Waals surface area contributed by atoms with Gasteiger partial charge in [-0.3, -0.25) is 4.68 Å². The van der Waals surface area contributed by atoms with Gasteiger partial charge in [0.05, 0.1) is 5.69 Å². The summed E-state index contributed by atoms with van der Waals surface area (Å²) >= 11 is 0. The average molecular weight is 235 g/mol. The second-order valence-corrected chi connectivity index (χ2v) is 5.47. The van der Waals surface area contributed by atoms with Crippen molar-refractivity contribution >= 4 is 0 Å². The van der Waals surface area contributed by atoms with Crippen molar-refractivity contribution in [2.75, 3.05) is 6.54 Å². The summed E-state index contributed by atoms with van der Waals surface area (Å²) < 4.78 is 1.96. The van der Waals surface area contributed by atoms with Gasteiger partial charge in [0.1, 0.15) is 0 Å². The second-order valence-electron chi connectivity index (χ2n) is 5.47. The van der Waals surface area contributed by atoms with Gasteiger partial charge in [0, 0.05) is 30.7 Å². The summed E-state index contributed by atoms with van der Waals surface area (Å²) in [6.45, 7) is 13.5. The van der Waals surface area contributed by atoms with Gasteiger partial charge in [0.15, 0.2) is 0 Å². The predicted molar refractivity (Wildman–Crippen MR) is 73.1 cm³/mol. The molecule has 0 aromatic carbocycles. The molecule has 17 heavy (non-hydrogen) atoms. The highest BCUT2D eigenvalue weighted by Gasteiger charge is 2.22. The molecule has 0 bridgehead atoms. The molecular weight excluding hydrogens is 210 g/mol. The number of aromatic nitrogens is 2. The normalized spacial score (nSPS) is 14.9. The third-order valence-electron chi connectivity index (χ3n) is 3.09. The molecule has 1 rings (SSSR count). The molecule has 0 aliphatic carbocycles. The van der Waals surface area contributed by atoms with E-state index in [1.54, 1.807) is 0 Å². The quantitative estimate of drug-likeness (QED) is 0.768. The van der Waals surface area contributed by atoms with Crippen LogP contribution in [0.4, 0.5) is 0 Å². The van der Waals surface area contributed by atoms with E-state index in [1.165, 1.54) is 5.69 Å². The molecule has 3 nitrogen and oxygen atoms in total. The van der Waals surface area contributed by atoms with Crippen molar-refractivity contribution in [2.45, 2.75) is 40.2 Å². The second kappa shape index (κ2) is 5.50. The Bertz CT molecular complexity index is 379. The van der Waals surface area contributed by atoms with Crippen LogP contribution in [0.1, 0.15) is 32.2 Å². The zero-order chi connectivity index (χ0) is 13.1. The highest BCUT2D eigenvalue weighted by molar-refractivity contribution is 5.13. The topological polar surface area (TPSA) is 29.9 Å². The summed E-state index contributed by atoms with van der Waals surface area (Å²) in [5, 5.41) is 7.87. The average Bonchev–Trinajstić information content (AvgIpc) is 2.54. The van der Waals surface area contributed by atoms with Crippen LogP contribution in [-0.2, 0) is 13.5 Å². The lowest BCUT2D eigenvalue weighted by Gasteiger charge is -2.27. The van der Waals surface area contributed by atoms with Crippen molar-refractivity contribution in [3.63, 3.8) is 0 Å². The van der Waals surface area contributed by atoms with Crippen molar-refractivity contribution < 1.29 is 0 Å². The first-order chi connectivity index (χ1) is 7.86. The Morgan fingerprint density at radius 3 is 2.65 bits per heavy atom. The largest absolute Gasteiger partial charge is 0.314 e. The van der Waals surface area contributed by atoms with Gasteiger partial charge in [-0.05, 0) is 19.4 Å². The van der Waals surface area contributed by atoms with Crippen LogP contribution in [0.2, 0.25) is 0 Å². The summed E-state index contributed by atoms with van der Waals surface area (Å²) in [5.41, 5.74) is 2.41. The smallest absolute Gasteiger partial charge is 0.0596 e. The Balaban J connectivity index is 2.74. The van der Waals surface area contributed by atoms with E-state index in [0.717, 1.165) is 18.7 Å². The first kappa shape index (κ1) is 14.0. The Morgan fingerprint density at radius 2 is 2.24 bits per heavy atom. The number of nitrogens with zero attached hydrogens (tertiary/aromatic N) is 2. The molecule has 1 atom stereocenters. The van der Waals surface area contributed by atoms with Crippen molar-refractivity contribution in [1.29, 1.82) is 0 Å². The molecule has 0 saturated heterocycles. The lowest BCUT2D eigenvalue weighted by molar-refractivity contribution is 0.365. The van der Waals surface area contributed by atoms with Crippen molar-refractivity contribution in [3.05, 3.63) is 30.1 Å². The van der Waals surface area contributed by atoms with E-state index in [4.69, 9.17) is 0 Å². The maximum atomic E-state index is 4.39. The van der Waals surface area contributed by atoms with Crippen LogP contribution in [0.25, 0.3) is 0 Å². The molecule has 96 valence electrons. The van der Waals surface area contributed by atoms with Crippen LogP contribution < -0.4 is 5.32 Å². The molecule has 0 aliphatic heterocycles. The van der Waals surface area contributed by atoms with E-state index in [1.807, 2.05) is 24.7 Å². The monoisotopic (exact) mass is 235 g/mol. The van der Waals surface area contributed by atoms with Crippen molar-refractivity contribution in [1.82, 2.24) is 15.1 Å². The Morgan fingerprint density at radius 1 is 1.59 bits per heavy atom. The van der Waals surface area contributed by atoms with E-state index in [9.17, 15) is 0 Å². The summed E-state index contributed by atoms with van der Waals surface area (Å²) in [5.74, 6) is 0.